The minimum absolute atomic E-state index is 0.0896. The van der Waals surface area contributed by atoms with Crippen molar-refractivity contribution >= 4 is 17.5 Å². The number of carbonyl (C=O) groups is 1. The van der Waals surface area contributed by atoms with Crippen molar-refractivity contribution in [2.45, 2.75) is 17.2 Å². The highest BCUT2D eigenvalue weighted by atomic mass is 32.2. The quantitative estimate of drug-likeness (QED) is 0.625. The molecule has 1 heterocycles. The van der Waals surface area contributed by atoms with Crippen LogP contribution in [0.3, 0.4) is 0 Å². The van der Waals surface area contributed by atoms with E-state index in [1.165, 1.54) is 0 Å². The van der Waals surface area contributed by atoms with Gasteiger partial charge in [-0.3, -0.25) is 4.79 Å². The predicted molar refractivity (Wildman–Crippen MR) is 81.8 cm³/mol. The summed E-state index contributed by atoms with van der Waals surface area (Å²) in [4.78, 5) is 13.9. The molecule has 0 saturated heterocycles. The number of carbonyl (C=O) groups excluding carboxylic acids is 1. The van der Waals surface area contributed by atoms with Crippen LogP contribution in [0.25, 0.3) is 0 Å². The van der Waals surface area contributed by atoms with Crippen molar-refractivity contribution in [3.8, 4) is 5.75 Å². The number of hydrogen-bond donors (Lipinski definition) is 0. The lowest BCUT2D eigenvalue weighted by molar-refractivity contribution is 0.0930. The molecule has 1 aliphatic rings. The summed E-state index contributed by atoms with van der Waals surface area (Å²) in [7, 11) is 0. The van der Waals surface area contributed by atoms with E-state index in [1.807, 2.05) is 54.8 Å². The second-order valence-corrected chi connectivity index (χ2v) is 5.64. The maximum atomic E-state index is 12.9. The average Bonchev–Trinajstić information content (AvgIpc) is 2.53. The minimum Gasteiger partial charge on any atom is -0.493 e. The van der Waals surface area contributed by atoms with Crippen LogP contribution in [0.15, 0.2) is 53.4 Å². The first kappa shape index (κ1) is 13.3. The van der Waals surface area contributed by atoms with Crippen LogP contribution in [0.1, 0.15) is 28.3 Å². The van der Waals surface area contributed by atoms with Crippen LogP contribution in [0.2, 0.25) is 0 Å². The lowest BCUT2D eigenvalue weighted by Crippen LogP contribution is -2.21. The number of rotatable bonds is 3. The molecule has 2 nitrogen and oxygen atoms in total. The van der Waals surface area contributed by atoms with Crippen LogP contribution >= 0.6 is 11.8 Å². The van der Waals surface area contributed by atoms with Gasteiger partial charge in [0.05, 0.1) is 12.5 Å². The van der Waals surface area contributed by atoms with E-state index < -0.39 is 0 Å². The summed E-state index contributed by atoms with van der Waals surface area (Å²) in [6, 6.07) is 15.7. The van der Waals surface area contributed by atoms with E-state index in [-0.39, 0.29) is 11.7 Å². The minimum atomic E-state index is -0.0896. The molecule has 1 aliphatic heterocycles. The Bertz CT molecular complexity index is 636. The first-order valence-electron chi connectivity index (χ1n) is 6.70. The molecule has 3 heteroatoms. The molecule has 1 atom stereocenters. The van der Waals surface area contributed by atoms with Gasteiger partial charge in [0.1, 0.15) is 5.75 Å². The monoisotopic (exact) mass is 284 g/mol. The molecule has 0 fully saturated rings. The third kappa shape index (κ3) is 2.34. The van der Waals surface area contributed by atoms with Gasteiger partial charge in [0.15, 0.2) is 5.78 Å². The third-order valence-electron chi connectivity index (χ3n) is 3.65. The van der Waals surface area contributed by atoms with Crippen molar-refractivity contribution in [2.24, 2.45) is 0 Å². The smallest absolute Gasteiger partial charge is 0.171 e. The van der Waals surface area contributed by atoms with E-state index in [2.05, 4.69) is 0 Å². The van der Waals surface area contributed by atoms with E-state index in [1.54, 1.807) is 11.8 Å². The predicted octanol–water partition coefficient (Wildman–Crippen LogP) is 4.16. The molecule has 2 aromatic carbocycles. The molecule has 0 aromatic heterocycles. The van der Waals surface area contributed by atoms with Gasteiger partial charge in [-0.25, -0.2) is 0 Å². The van der Waals surface area contributed by atoms with E-state index >= 15 is 0 Å². The molecule has 20 heavy (non-hydrogen) atoms. The Morgan fingerprint density at radius 2 is 1.90 bits per heavy atom. The summed E-state index contributed by atoms with van der Waals surface area (Å²) in [5.74, 6) is 0.956. The molecule has 0 aliphatic carbocycles. The van der Waals surface area contributed by atoms with Gasteiger partial charge < -0.3 is 4.74 Å². The highest BCUT2D eigenvalue weighted by Gasteiger charge is 2.29. The Hall–Kier alpha value is -1.74. The van der Waals surface area contributed by atoms with Crippen LogP contribution in [-0.2, 0) is 0 Å². The maximum Gasteiger partial charge on any atom is 0.171 e. The molecule has 0 spiro atoms. The lowest BCUT2D eigenvalue weighted by atomic mass is 9.86. The SMILES string of the molecule is CSc1ccccc1C(=O)C1CCOc2ccccc21. The maximum absolute atomic E-state index is 12.9. The Morgan fingerprint density at radius 1 is 1.15 bits per heavy atom. The van der Waals surface area contributed by atoms with Crippen LogP contribution in [-0.4, -0.2) is 18.6 Å². The largest absolute Gasteiger partial charge is 0.493 e. The number of thioether (sulfide) groups is 1. The molecule has 2 aromatic rings. The summed E-state index contributed by atoms with van der Waals surface area (Å²) in [6.07, 6.45) is 2.75. The van der Waals surface area contributed by atoms with E-state index in [9.17, 15) is 4.79 Å². The van der Waals surface area contributed by atoms with Crippen molar-refractivity contribution in [2.75, 3.05) is 12.9 Å². The van der Waals surface area contributed by atoms with Crippen LogP contribution < -0.4 is 4.74 Å². The van der Waals surface area contributed by atoms with Gasteiger partial charge in [-0.1, -0.05) is 36.4 Å². The molecule has 3 rings (SSSR count). The first-order valence-corrected chi connectivity index (χ1v) is 7.92. The fraction of sp³-hybridized carbons (Fsp3) is 0.235. The molecular formula is C17H16O2S. The number of Topliss-reactive ketones (excluding diaryl/α,β-unsaturated/α-hetero) is 1. The second kappa shape index (κ2) is 5.71. The van der Waals surface area contributed by atoms with Gasteiger partial charge in [-0.15, -0.1) is 11.8 Å². The summed E-state index contributed by atoms with van der Waals surface area (Å²) in [5.41, 5.74) is 1.83. The molecule has 0 bridgehead atoms. The summed E-state index contributed by atoms with van der Waals surface area (Å²) >= 11 is 1.62. The molecular weight excluding hydrogens is 268 g/mol. The molecule has 0 amide bonds. The standard InChI is InChI=1S/C17H16O2S/c1-20-16-9-5-3-7-14(16)17(18)13-10-11-19-15-8-4-2-6-12(13)15/h2-9,13H,10-11H2,1H3. The second-order valence-electron chi connectivity index (χ2n) is 4.79. The van der Waals surface area contributed by atoms with E-state index in [0.717, 1.165) is 28.2 Å². The zero-order chi connectivity index (χ0) is 13.9. The van der Waals surface area contributed by atoms with Crippen molar-refractivity contribution in [1.82, 2.24) is 0 Å². The first-order chi connectivity index (χ1) is 9.81. The fourth-order valence-corrected chi connectivity index (χ4v) is 3.25. The zero-order valence-corrected chi connectivity index (χ0v) is 12.2. The Labute approximate surface area is 123 Å². The van der Waals surface area contributed by atoms with Crippen molar-refractivity contribution in [3.05, 3.63) is 59.7 Å². The van der Waals surface area contributed by atoms with E-state index in [4.69, 9.17) is 4.74 Å². The van der Waals surface area contributed by atoms with E-state index in [0.29, 0.717) is 6.61 Å². The normalized spacial score (nSPS) is 17.1. The molecule has 0 radical (unpaired) electrons. The van der Waals surface area contributed by atoms with Gasteiger partial charge in [0.2, 0.25) is 0 Å². The highest BCUT2D eigenvalue weighted by molar-refractivity contribution is 7.98. The van der Waals surface area contributed by atoms with Gasteiger partial charge in [-0.2, -0.15) is 0 Å². The number of benzene rings is 2. The van der Waals surface area contributed by atoms with Gasteiger partial charge in [0, 0.05) is 16.0 Å². The van der Waals surface area contributed by atoms with Crippen LogP contribution in [0, 0.1) is 0 Å². The highest BCUT2D eigenvalue weighted by Crippen LogP contribution is 2.36. The van der Waals surface area contributed by atoms with Crippen molar-refractivity contribution in [1.29, 1.82) is 0 Å². The van der Waals surface area contributed by atoms with Crippen molar-refractivity contribution in [3.63, 3.8) is 0 Å². The number of fused-ring (bicyclic) bond motifs is 1. The number of ether oxygens (including phenoxy) is 1. The van der Waals surface area contributed by atoms with Gasteiger partial charge in [0.25, 0.3) is 0 Å². The van der Waals surface area contributed by atoms with Gasteiger partial charge >= 0.3 is 0 Å². The molecule has 0 N–H and O–H groups in total. The molecule has 1 unspecified atom stereocenters. The summed E-state index contributed by atoms with van der Waals surface area (Å²) < 4.78 is 5.64. The topological polar surface area (TPSA) is 26.3 Å². The zero-order valence-electron chi connectivity index (χ0n) is 11.3. The summed E-state index contributed by atoms with van der Waals surface area (Å²) in [6.45, 7) is 0.606. The summed E-state index contributed by atoms with van der Waals surface area (Å²) in [5, 5.41) is 0. The van der Waals surface area contributed by atoms with Gasteiger partial charge in [-0.05, 0) is 24.8 Å². The number of para-hydroxylation sites is 1. The Kier molecular flexibility index (Phi) is 3.79. The number of ketones is 1. The Balaban J connectivity index is 2.00. The number of hydrogen-bond acceptors (Lipinski definition) is 3. The van der Waals surface area contributed by atoms with Crippen LogP contribution in [0.5, 0.6) is 5.75 Å². The fourth-order valence-electron chi connectivity index (χ4n) is 2.65. The Morgan fingerprint density at radius 3 is 2.75 bits per heavy atom. The third-order valence-corrected chi connectivity index (χ3v) is 4.44. The van der Waals surface area contributed by atoms with Crippen LogP contribution in [0.4, 0.5) is 0 Å². The molecule has 0 saturated carbocycles. The average molecular weight is 284 g/mol. The van der Waals surface area contributed by atoms with Crippen molar-refractivity contribution < 1.29 is 9.53 Å². The molecule has 102 valence electrons. The lowest BCUT2D eigenvalue weighted by Gasteiger charge is -2.25.